The molecule has 3 N–H and O–H groups in total. The number of anilines is 1. The highest BCUT2D eigenvalue weighted by atomic mass is 15.2. The molecule has 0 spiro atoms. The Balaban J connectivity index is 2.37. The van der Waals surface area contributed by atoms with Gasteiger partial charge in [-0.2, -0.15) is 5.10 Å². The van der Waals surface area contributed by atoms with Crippen molar-refractivity contribution in [2.45, 2.75) is 32.2 Å². The third-order valence-electron chi connectivity index (χ3n) is 3.45. The minimum Gasteiger partial charge on any atom is -0.362 e. The van der Waals surface area contributed by atoms with Crippen LogP contribution in [0.1, 0.15) is 26.7 Å². The van der Waals surface area contributed by atoms with Crippen LogP contribution in [0.4, 0.5) is 5.82 Å². The molecular weight excluding hydrogens is 214 g/mol. The monoisotopic (exact) mass is 233 g/mol. The Morgan fingerprint density at radius 3 is 2.76 bits per heavy atom. The summed E-state index contributed by atoms with van der Waals surface area (Å²) in [5.41, 5.74) is 6.78. The Bertz CT molecular complexity index is 478. The van der Waals surface area contributed by atoms with Gasteiger partial charge >= 0.3 is 0 Å². The molecule has 0 radical (unpaired) electrons. The van der Waals surface area contributed by atoms with Crippen LogP contribution < -0.4 is 11.1 Å². The number of rotatable bonds is 5. The maximum atomic E-state index is 5.88. The normalized spacial score (nSPS) is 11.9. The van der Waals surface area contributed by atoms with E-state index in [4.69, 9.17) is 5.73 Å². The predicted molar refractivity (Wildman–Crippen MR) is 69.0 cm³/mol. The molecule has 2 heterocycles. The summed E-state index contributed by atoms with van der Waals surface area (Å²) in [5, 5.41) is 7.67. The van der Waals surface area contributed by atoms with E-state index < -0.39 is 0 Å². The van der Waals surface area contributed by atoms with Gasteiger partial charge in [0.1, 0.15) is 5.52 Å². The smallest absolute Gasteiger partial charge is 0.152 e. The summed E-state index contributed by atoms with van der Waals surface area (Å²) < 4.78 is 1.81. The van der Waals surface area contributed by atoms with Crippen LogP contribution in [0.25, 0.3) is 5.52 Å². The third-order valence-corrected chi connectivity index (χ3v) is 3.45. The number of fused-ring (bicyclic) bond motifs is 1. The molecule has 17 heavy (non-hydrogen) atoms. The average molecular weight is 233 g/mol. The minimum atomic E-state index is -0.0842. The van der Waals surface area contributed by atoms with E-state index >= 15 is 0 Å². The first-order chi connectivity index (χ1) is 8.24. The van der Waals surface area contributed by atoms with Crippen molar-refractivity contribution in [3.8, 4) is 0 Å². The van der Waals surface area contributed by atoms with Gasteiger partial charge in [0, 0.05) is 18.9 Å². The van der Waals surface area contributed by atoms with Gasteiger partial charge in [0.2, 0.25) is 0 Å². The lowest BCUT2D eigenvalue weighted by Crippen LogP contribution is -2.44. The fraction of sp³-hybridized carbons (Fsp3) is 0.500. The fourth-order valence-electron chi connectivity index (χ4n) is 1.97. The zero-order chi connectivity index (χ0) is 12.3. The quantitative estimate of drug-likeness (QED) is 0.824. The molecule has 0 aromatic carbocycles. The number of nitrogens with two attached hydrogens (primary N) is 1. The van der Waals surface area contributed by atoms with E-state index in [1.165, 1.54) is 0 Å². The van der Waals surface area contributed by atoms with E-state index in [1.54, 1.807) is 12.4 Å². The Kier molecular flexibility index (Phi) is 3.28. The standard InChI is InChI=1S/C12H19N5/c1-3-12(4-2,9-13)16-11-10-5-6-15-17(10)8-7-14-11/h5-8H,3-4,9,13H2,1-2H3,(H,14,16). The van der Waals surface area contributed by atoms with Gasteiger partial charge in [-0.25, -0.2) is 9.50 Å². The Labute approximate surface area is 101 Å². The van der Waals surface area contributed by atoms with Gasteiger partial charge in [-0.1, -0.05) is 13.8 Å². The maximum Gasteiger partial charge on any atom is 0.152 e. The van der Waals surface area contributed by atoms with Crippen LogP contribution in [0.15, 0.2) is 24.7 Å². The van der Waals surface area contributed by atoms with Crippen molar-refractivity contribution in [3.05, 3.63) is 24.7 Å². The first-order valence-electron chi connectivity index (χ1n) is 6.01. The molecule has 0 atom stereocenters. The van der Waals surface area contributed by atoms with Crippen molar-refractivity contribution in [2.75, 3.05) is 11.9 Å². The highest BCUT2D eigenvalue weighted by Crippen LogP contribution is 2.22. The van der Waals surface area contributed by atoms with E-state index in [0.29, 0.717) is 6.54 Å². The minimum absolute atomic E-state index is 0.0842. The first kappa shape index (κ1) is 11.9. The summed E-state index contributed by atoms with van der Waals surface area (Å²) >= 11 is 0. The second-order valence-electron chi connectivity index (χ2n) is 4.25. The Hall–Kier alpha value is -1.62. The summed E-state index contributed by atoms with van der Waals surface area (Å²) in [6, 6.07) is 1.95. The van der Waals surface area contributed by atoms with Crippen LogP contribution >= 0.6 is 0 Å². The molecule has 5 nitrogen and oxygen atoms in total. The van der Waals surface area contributed by atoms with Gasteiger partial charge in [-0.15, -0.1) is 0 Å². The number of aromatic nitrogens is 3. The topological polar surface area (TPSA) is 68.2 Å². The van der Waals surface area contributed by atoms with Crippen molar-refractivity contribution in [1.29, 1.82) is 0 Å². The largest absolute Gasteiger partial charge is 0.362 e. The van der Waals surface area contributed by atoms with Gasteiger partial charge in [0.15, 0.2) is 5.82 Å². The molecule has 0 unspecified atom stereocenters. The number of nitrogens with zero attached hydrogens (tertiary/aromatic N) is 3. The lowest BCUT2D eigenvalue weighted by molar-refractivity contribution is 0.444. The molecule has 0 aliphatic rings. The molecule has 2 aromatic rings. The molecule has 0 fully saturated rings. The van der Waals surface area contributed by atoms with Crippen molar-refractivity contribution in [3.63, 3.8) is 0 Å². The number of hydrogen-bond donors (Lipinski definition) is 2. The molecule has 0 bridgehead atoms. The highest BCUT2D eigenvalue weighted by molar-refractivity contribution is 5.67. The summed E-state index contributed by atoms with van der Waals surface area (Å²) in [5.74, 6) is 0.846. The van der Waals surface area contributed by atoms with Crippen LogP contribution in [0.3, 0.4) is 0 Å². The molecule has 92 valence electrons. The molecule has 0 aliphatic heterocycles. The lowest BCUT2D eigenvalue weighted by atomic mass is 9.93. The van der Waals surface area contributed by atoms with E-state index in [0.717, 1.165) is 24.2 Å². The summed E-state index contributed by atoms with van der Waals surface area (Å²) in [6.07, 6.45) is 7.29. The van der Waals surface area contributed by atoms with Gasteiger partial charge in [0.05, 0.1) is 11.7 Å². The SMILES string of the molecule is CCC(CC)(CN)Nc1nccn2nccc12. The fourth-order valence-corrected chi connectivity index (χ4v) is 1.97. The van der Waals surface area contributed by atoms with E-state index in [-0.39, 0.29) is 5.54 Å². The maximum absolute atomic E-state index is 5.88. The van der Waals surface area contributed by atoms with Crippen LogP contribution in [0, 0.1) is 0 Å². The third kappa shape index (κ3) is 2.10. The van der Waals surface area contributed by atoms with Gasteiger partial charge < -0.3 is 11.1 Å². The first-order valence-corrected chi connectivity index (χ1v) is 6.01. The molecule has 0 amide bonds. The zero-order valence-corrected chi connectivity index (χ0v) is 10.3. The van der Waals surface area contributed by atoms with Crippen LogP contribution in [0.5, 0.6) is 0 Å². The summed E-state index contributed by atoms with van der Waals surface area (Å²) in [6.45, 7) is 4.87. The van der Waals surface area contributed by atoms with Crippen molar-refractivity contribution in [1.82, 2.24) is 14.6 Å². The molecule has 0 saturated carbocycles. The van der Waals surface area contributed by atoms with Crippen LogP contribution in [-0.4, -0.2) is 26.7 Å². The molecule has 2 aromatic heterocycles. The van der Waals surface area contributed by atoms with Gasteiger partial charge in [0.25, 0.3) is 0 Å². The summed E-state index contributed by atoms with van der Waals surface area (Å²) in [7, 11) is 0. The van der Waals surface area contributed by atoms with Crippen LogP contribution in [-0.2, 0) is 0 Å². The second kappa shape index (κ2) is 4.71. The van der Waals surface area contributed by atoms with E-state index in [1.807, 2.05) is 16.8 Å². The van der Waals surface area contributed by atoms with E-state index in [2.05, 4.69) is 29.2 Å². The lowest BCUT2D eigenvalue weighted by Gasteiger charge is -2.32. The molecule has 0 aliphatic carbocycles. The van der Waals surface area contributed by atoms with Crippen molar-refractivity contribution < 1.29 is 0 Å². The van der Waals surface area contributed by atoms with Crippen LogP contribution in [0.2, 0.25) is 0 Å². The van der Waals surface area contributed by atoms with E-state index in [9.17, 15) is 0 Å². The Morgan fingerprint density at radius 2 is 2.12 bits per heavy atom. The predicted octanol–water partition coefficient (Wildman–Crippen LogP) is 1.66. The number of nitrogens with one attached hydrogen (secondary N) is 1. The average Bonchev–Trinajstić information content (AvgIpc) is 2.85. The summed E-state index contributed by atoms with van der Waals surface area (Å²) in [4.78, 5) is 4.38. The van der Waals surface area contributed by atoms with Crippen molar-refractivity contribution >= 4 is 11.3 Å². The van der Waals surface area contributed by atoms with Crippen molar-refractivity contribution in [2.24, 2.45) is 5.73 Å². The van der Waals surface area contributed by atoms with Gasteiger partial charge in [-0.05, 0) is 18.9 Å². The van der Waals surface area contributed by atoms with Gasteiger partial charge in [-0.3, -0.25) is 0 Å². The zero-order valence-electron chi connectivity index (χ0n) is 10.3. The highest BCUT2D eigenvalue weighted by Gasteiger charge is 2.25. The molecular formula is C12H19N5. The second-order valence-corrected chi connectivity index (χ2v) is 4.25. The Morgan fingerprint density at radius 1 is 1.35 bits per heavy atom. The molecule has 5 heteroatoms. The molecule has 0 saturated heterocycles. The number of hydrogen-bond acceptors (Lipinski definition) is 4. The molecule has 2 rings (SSSR count).